The summed E-state index contributed by atoms with van der Waals surface area (Å²) in [6.07, 6.45) is 0.370. The largest absolute Gasteiger partial charge is 0.478 e. The fourth-order valence-corrected chi connectivity index (χ4v) is 1.74. The highest BCUT2D eigenvalue weighted by molar-refractivity contribution is 9.10. The Hall–Kier alpha value is -1.36. The van der Waals surface area contributed by atoms with E-state index in [1.54, 1.807) is 12.1 Å². The second-order valence-corrected chi connectivity index (χ2v) is 5.06. The van der Waals surface area contributed by atoms with Crippen LogP contribution in [0.2, 0.25) is 0 Å². The summed E-state index contributed by atoms with van der Waals surface area (Å²) in [6.45, 7) is 3.86. The van der Waals surface area contributed by atoms with Crippen molar-refractivity contribution in [3.63, 3.8) is 0 Å². The summed E-state index contributed by atoms with van der Waals surface area (Å²) in [5.74, 6) is -1.00. The Morgan fingerprint density at radius 1 is 1.41 bits per heavy atom. The minimum absolute atomic E-state index is 0.0801. The number of aromatic carboxylic acids is 1. The fourth-order valence-electron chi connectivity index (χ4n) is 1.37. The molecule has 1 aromatic carbocycles. The smallest absolute Gasteiger partial charge is 0.337 e. The van der Waals surface area contributed by atoms with Gasteiger partial charge in [0.2, 0.25) is 5.91 Å². The molecule has 0 aliphatic rings. The summed E-state index contributed by atoms with van der Waals surface area (Å²) >= 11 is 3.20. The van der Waals surface area contributed by atoms with Crippen molar-refractivity contribution in [2.75, 3.05) is 5.32 Å². The van der Waals surface area contributed by atoms with Gasteiger partial charge in [-0.05, 0) is 24.1 Å². The number of halogens is 1. The molecule has 0 saturated heterocycles. The Morgan fingerprint density at radius 3 is 2.59 bits per heavy atom. The van der Waals surface area contributed by atoms with Gasteiger partial charge in [-0.25, -0.2) is 4.79 Å². The second kappa shape index (κ2) is 5.82. The van der Waals surface area contributed by atoms with Gasteiger partial charge in [-0.3, -0.25) is 4.79 Å². The number of nitrogens with one attached hydrogen (secondary N) is 1. The first kappa shape index (κ1) is 13.7. The molecule has 1 amide bonds. The molecule has 1 rings (SSSR count). The van der Waals surface area contributed by atoms with Crippen molar-refractivity contribution in [3.05, 3.63) is 28.2 Å². The number of benzene rings is 1. The third-order valence-corrected chi connectivity index (χ3v) is 2.57. The van der Waals surface area contributed by atoms with E-state index in [0.29, 0.717) is 16.6 Å². The van der Waals surface area contributed by atoms with Gasteiger partial charge in [-0.1, -0.05) is 29.8 Å². The number of hydrogen-bond acceptors (Lipinski definition) is 2. The summed E-state index contributed by atoms with van der Waals surface area (Å²) < 4.78 is 0.664. The van der Waals surface area contributed by atoms with Gasteiger partial charge < -0.3 is 10.4 Å². The third kappa shape index (κ3) is 4.19. The van der Waals surface area contributed by atoms with Crippen LogP contribution in [0.1, 0.15) is 30.6 Å². The maximum absolute atomic E-state index is 11.6. The zero-order valence-electron chi connectivity index (χ0n) is 9.66. The summed E-state index contributed by atoms with van der Waals surface area (Å²) in [4.78, 5) is 22.6. The van der Waals surface area contributed by atoms with Crippen molar-refractivity contribution in [2.45, 2.75) is 20.3 Å². The van der Waals surface area contributed by atoms with Gasteiger partial charge >= 0.3 is 5.97 Å². The summed E-state index contributed by atoms with van der Waals surface area (Å²) in [5.41, 5.74) is 0.405. The maximum Gasteiger partial charge on any atom is 0.337 e. The highest BCUT2D eigenvalue weighted by atomic mass is 79.9. The van der Waals surface area contributed by atoms with Gasteiger partial charge in [0.25, 0.3) is 0 Å². The van der Waals surface area contributed by atoms with E-state index < -0.39 is 5.97 Å². The third-order valence-electron chi connectivity index (χ3n) is 2.08. The quantitative estimate of drug-likeness (QED) is 0.897. The molecule has 0 heterocycles. The van der Waals surface area contributed by atoms with E-state index in [1.807, 2.05) is 13.8 Å². The van der Waals surface area contributed by atoms with E-state index in [2.05, 4.69) is 21.2 Å². The van der Waals surface area contributed by atoms with Crippen molar-refractivity contribution < 1.29 is 14.7 Å². The van der Waals surface area contributed by atoms with E-state index >= 15 is 0 Å². The van der Waals surface area contributed by atoms with Gasteiger partial charge in [0.15, 0.2) is 0 Å². The molecule has 17 heavy (non-hydrogen) atoms. The highest BCUT2D eigenvalue weighted by Crippen LogP contribution is 2.21. The molecular formula is C12H14BrNO3. The predicted molar refractivity (Wildman–Crippen MR) is 69.2 cm³/mol. The van der Waals surface area contributed by atoms with Crippen molar-refractivity contribution in [1.82, 2.24) is 0 Å². The molecule has 4 nitrogen and oxygen atoms in total. The molecule has 0 radical (unpaired) electrons. The molecule has 1 aromatic rings. The van der Waals surface area contributed by atoms with Gasteiger partial charge in [-0.2, -0.15) is 0 Å². The lowest BCUT2D eigenvalue weighted by Crippen LogP contribution is -2.16. The van der Waals surface area contributed by atoms with Crippen LogP contribution >= 0.6 is 15.9 Å². The summed E-state index contributed by atoms with van der Waals surface area (Å²) in [6, 6.07) is 4.73. The molecule has 92 valence electrons. The van der Waals surface area contributed by atoms with Crippen LogP contribution in [-0.4, -0.2) is 17.0 Å². The minimum atomic E-state index is -1.06. The standard InChI is InChI=1S/C12H14BrNO3/c1-7(2)5-11(15)14-10-4-3-8(13)6-9(10)12(16)17/h3-4,6-7H,5H2,1-2H3,(H,14,15)(H,16,17). The number of carboxylic acids is 1. The van der Waals surface area contributed by atoms with Crippen LogP contribution in [0.25, 0.3) is 0 Å². The predicted octanol–water partition coefficient (Wildman–Crippen LogP) is 3.13. The number of amides is 1. The minimum Gasteiger partial charge on any atom is -0.478 e. The summed E-state index contributed by atoms with van der Waals surface area (Å²) in [5, 5.41) is 11.6. The lowest BCUT2D eigenvalue weighted by atomic mass is 10.1. The molecule has 0 saturated carbocycles. The zero-order valence-corrected chi connectivity index (χ0v) is 11.2. The molecule has 0 unspecified atom stereocenters. The Labute approximate surface area is 108 Å². The average molecular weight is 300 g/mol. The van der Waals surface area contributed by atoms with E-state index in [1.165, 1.54) is 6.07 Å². The molecule has 0 aliphatic heterocycles. The van der Waals surface area contributed by atoms with E-state index in [0.717, 1.165) is 0 Å². The van der Waals surface area contributed by atoms with Crippen molar-refractivity contribution in [1.29, 1.82) is 0 Å². The van der Waals surface area contributed by atoms with E-state index in [9.17, 15) is 9.59 Å². The van der Waals surface area contributed by atoms with Gasteiger partial charge in [0.1, 0.15) is 0 Å². The average Bonchev–Trinajstić information content (AvgIpc) is 2.19. The molecule has 0 bridgehead atoms. The Kier molecular flexibility index (Phi) is 4.69. The van der Waals surface area contributed by atoms with Crippen LogP contribution in [0, 0.1) is 5.92 Å². The van der Waals surface area contributed by atoms with Crippen LogP contribution in [0.4, 0.5) is 5.69 Å². The Morgan fingerprint density at radius 2 is 2.06 bits per heavy atom. The SMILES string of the molecule is CC(C)CC(=O)Nc1ccc(Br)cc1C(=O)O. The number of hydrogen-bond donors (Lipinski definition) is 2. The topological polar surface area (TPSA) is 66.4 Å². The van der Waals surface area contributed by atoms with Gasteiger partial charge in [0, 0.05) is 10.9 Å². The molecule has 2 N–H and O–H groups in total. The fraction of sp³-hybridized carbons (Fsp3) is 0.333. The number of rotatable bonds is 4. The first-order chi connectivity index (χ1) is 7.90. The Balaban J connectivity index is 2.91. The molecule has 0 aliphatic carbocycles. The van der Waals surface area contributed by atoms with Crippen molar-refractivity contribution in [2.24, 2.45) is 5.92 Å². The number of anilines is 1. The van der Waals surface area contributed by atoms with Crippen LogP contribution < -0.4 is 5.32 Å². The first-order valence-electron chi connectivity index (χ1n) is 5.23. The van der Waals surface area contributed by atoms with Crippen molar-refractivity contribution in [3.8, 4) is 0 Å². The number of carboxylic acid groups (broad SMARTS) is 1. The maximum atomic E-state index is 11.6. The van der Waals surface area contributed by atoms with E-state index in [4.69, 9.17) is 5.11 Å². The highest BCUT2D eigenvalue weighted by Gasteiger charge is 2.13. The summed E-state index contributed by atoms with van der Waals surface area (Å²) in [7, 11) is 0. The van der Waals surface area contributed by atoms with Gasteiger partial charge in [-0.15, -0.1) is 0 Å². The van der Waals surface area contributed by atoms with Crippen LogP contribution in [0.5, 0.6) is 0 Å². The molecule has 0 spiro atoms. The Bertz CT molecular complexity index is 443. The number of carbonyl (C=O) groups is 2. The molecular weight excluding hydrogens is 286 g/mol. The van der Waals surface area contributed by atoms with E-state index in [-0.39, 0.29) is 17.4 Å². The lowest BCUT2D eigenvalue weighted by molar-refractivity contribution is -0.116. The first-order valence-corrected chi connectivity index (χ1v) is 6.02. The van der Waals surface area contributed by atoms with Crippen molar-refractivity contribution >= 4 is 33.5 Å². The molecule has 5 heteroatoms. The van der Waals surface area contributed by atoms with Crippen LogP contribution in [0.3, 0.4) is 0 Å². The normalized spacial score (nSPS) is 10.4. The zero-order chi connectivity index (χ0) is 13.0. The molecule has 0 aromatic heterocycles. The van der Waals surface area contributed by atoms with Crippen LogP contribution in [0.15, 0.2) is 22.7 Å². The second-order valence-electron chi connectivity index (χ2n) is 4.14. The van der Waals surface area contributed by atoms with Crippen LogP contribution in [-0.2, 0) is 4.79 Å². The molecule has 0 fully saturated rings. The number of carbonyl (C=O) groups excluding carboxylic acids is 1. The molecule has 0 atom stereocenters. The monoisotopic (exact) mass is 299 g/mol. The lowest BCUT2D eigenvalue weighted by Gasteiger charge is -2.10. The van der Waals surface area contributed by atoms with Gasteiger partial charge in [0.05, 0.1) is 11.3 Å².